The lowest BCUT2D eigenvalue weighted by molar-refractivity contribution is 0.0430. The summed E-state index contributed by atoms with van der Waals surface area (Å²) in [5.41, 5.74) is 0.529. The Labute approximate surface area is 94.8 Å². The minimum atomic E-state index is -0.483. The summed E-state index contributed by atoms with van der Waals surface area (Å²) < 4.78 is 15.4. The highest BCUT2D eigenvalue weighted by Crippen LogP contribution is 2.13. The first-order valence-electron chi connectivity index (χ1n) is 5.29. The molecular formula is C11H17NO4. The monoisotopic (exact) mass is 227 g/mol. The van der Waals surface area contributed by atoms with Crippen molar-refractivity contribution in [1.29, 1.82) is 0 Å². The summed E-state index contributed by atoms with van der Waals surface area (Å²) in [5, 5.41) is 0. The van der Waals surface area contributed by atoms with Crippen molar-refractivity contribution in [3.63, 3.8) is 0 Å². The van der Waals surface area contributed by atoms with Crippen LogP contribution in [0.25, 0.3) is 0 Å². The van der Waals surface area contributed by atoms with Crippen molar-refractivity contribution in [2.45, 2.75) is 40.4 Å². The van der Waals surface area contributed by atoms with Crippen LogP contribution in [-0.4, -0.2) is 23.7 Å². The van der Waals surface area contributed by atoms with Crippen LogP contribution in [0.5, 0.6) is 0 Å². The molecule has 0 saturated carbocycles. The fraction of sp³-hybridized carbons (Fsp3) is 0.636. The molecule has 0 unspecified atom stereocenters. The summed E-state index contributed by atoms with van der Waals surface area (Å²) in [7, 11) is 0. The van der Waals surface area contributed by atoms with Gasteiger partial charge in [-0.05, 0) is 27.7 Å². The highest BCUT2D eigenvalue weighted by atomic mass is 16.5. The SMILES string of the molecule is CCOC(=O)c1oc(COC(C)C)nc1C. The first-order valence-corrected chi connectivity index (χ1v) is 5.29. The molecule has 1 rings (SSSR count). The van der Waals surface area contributed by atoms with Gasteiger partial charge in [0.05, 0.1) is 18.4 Å². The van der Waals surface area contributed by atoms with Gasteiger partial charge in [-0.1, -0.05) is 0 Å². The van der Waals surface area contributed by atoms with Crippen LogP contribution >= 0.6 is 0 Å². The van der Waals surface area contributed by atoms with Crippen LogP contribution in [0, 0.1) is 6.92 Å². The van der Waals surface area contributed by atoms with Crippen LogP contribution < -0.4 is 0 Å². The normalized spacial score (nSPS) is 10.8. The van der Waals surface area contributed by atoms with E-state index in [1.807, 2.05) is 13.8 Å². The van der Waals surface area contributed by atoms with E-state index in [2.05, 4.69) is 4.98 Å². The Morgan fingerprint density at radius 2 is 2.19 bits per heavy atom. The molecule has 0 spiro atoms. The number of rotatable bonds is 5. The van der Waals surface area contributed by atoms with Gasteiger partial charge in [-0.15, -0.1) is 0 Å². The van der Waals surface area contributed by atoms with Crippen molar-refractivity contribution in [3.8, 4) is 0 Å². The zero-order chi connectivity index (χ0) is 12.1. The van der Waals surface area contributed by atoms with Crippen LogP contribution in [0.3, 0.4) is 0 Å². The van der Waals surface area contributed by atoms with E-state index in [4.69, 9.17) is 13.9 Å². The Bertz CT molecular complexity index is 357. The van der Waals surface area contributed by atoms with Crippen LogP contribution in [0.1, 0.15) is 42.9 Å². The number of nitrogens with zero attached hydrogens (tertiary/aromatic N) is 1. The number of aryl methyl sites for hydroxylation is 1. The van der Waals surface area contributed by atoms with E-state index in [0.29, 0.717) is 18.2 Å². The Hall–Kier alpha value is -1.36. The summed E-state index contributed by atoms with van der Waals surface area (Å²) >= 11 is 0. The van der Waals surface area contributed by atoms with E-state index in [-0.39, 0.29) is 18.5 Å². The van der Waals surface area contributed by atoms with Crippen molar-refractivity contribution in [2.75, 3.05) is 6.61 Å². The number of aromatic nitrogens is 1. The molecule has 1 heterocycles. The molecule has 1 aromatic heterocycles. The van der Waals surface area contributed by atoms with Crippen molar-refractivity contribution >= 4 is 5.97 Å². The van der Waals surface area contributed by atoms with Gasteiger partial charge in [0, 0.05) is 0 Å². The van der Waals surface area contributed by atoms with Crippen molar-refractivity contribution in [3.05, 3.63) is 17.3 Å². The number of hydrogen-bond acceptors (Lipinski definition) is 5. The molecule has 0 saturated heterocycles. The molecule has 0 N–H and O–H groups in total. The minimum absolute atomic E-state index is 0.0956. The zero-order valence-corrected chi connectivity index (χ0v) is 10.1. The number of hydrogen-bond donors (Lipinski definition) is 0. The van der Waals surface area contributed by atoms with Gasteiger partial charge < -0.3 is 13.9 Å². The first-order chi connectivity index (χ1) is 7.54. The summed E-state index contributed by atoms with van der Waals surface area (Å²) in [6.07, 6.45) is 0.0956. The minimum Gasteiger partial charge on any atom is -0.460 e. The summed E-state index contributed by atoms with van der Waals surface area (Å²) in [6, 6.07) is 0. The molecule has 0 radical (unpaired) electrons. The lowest BCUT2D eigenvalue weighted by atomic mass is 10.4. The molecule has 0 aliphatic carbocycles. The topological polar surface area (TPSA) is 61.6 Å². The largest absolute Gasteiger partial charge is 0.460 e. The van der Waals surface area contributed by atoms with E-state index in [0.717, 1.165) is 0 Å². The van der Waals surface area contributed by atoms with Crippen LogP contribution in [0.15, 0.2) is 4.42 Å². The number of carbonyl (C=O) groups is 1. The van der Waals surface area contributed by atoms with Crippen LogP contribution in [0.2, 0.25) is 0 Å². The van der Waals surface area contributed by atoms with E-state index >= 15 is 0 Å². The number of oxazole rings is 1. The quantitative estimate of drug-likeness (QED) is 0.721. The van der Waals surface area contributed by atoms with Gasteiger partial charge in [-0.2, -0.15) is 0 Å². The van der Waals surface area contributed by atoms with Crippen LogP contribution in [-0.2, 0) is 16.1 Å². The van der Waals surface area contributed by atoms with Gasteiger partial charge in [0.1, 0.15) is 6.61 Å². The molecule has 0 bridgehead atoms. The van der Waals surface area contributed by atoms with Gasteiger partial charge >= 0.3 is 5.97 Å². The first kappa shape index (κ1) is 12.7. The van der Waals surface area contributed by atoms with Crippen molar-refractivity contribution < 1.29 is 18.7 Å². The van der Waals surface area contributed by atoms with Crippen LogP contribution in [0.4, 0.5) is 0 Å². The highest BCUT2D eigenvalue weighted by molar-refractivity contribution is 5.87. The number of ether oxygens (including phenoxy) is 2. The third-order valence-corrected chi connectivity index (χ3v) is 1.84. The maximum atomic E-state index is 11.4. The Kier molecular flexibility index (Phi) is 4.49. The maximum Gasteiger partial charge on any atom is 0.376 e. The van der Waals surface area contributed by atoms with Gasteiger partial charge in [0.2, 0.25) is 11.7 Å². The zero-order valence-electron chi connectivity index (χ0n) is 10.1. The molecule has 1 aromatic rings. The molecule has 0 atom stereocenters. The van der Waals surface area contributed by atoms with E-state index < -0.39 is 5.97 Å². The van der Waals surface area contributed by atoms with Crippen molar-refractivity contribution in [1.82, 2.24) is 4.98 Å². The lowest BCUT2D eigenvalue weighted by Gasteiger charge is -2.03. The smallest absolute Gasteiger partial charge is 0.376 e. The average Bonchev–Trinajstić information content (AvgIpc) is 2.57. The molecule has 90 valence electrons. The summed E-state index contributed by atoms with van der Waals surface area (Å²) in [6.45, 7) is 7.86. The fourth-order valence-corrected chi connectivity index (χ4v) is 1.14. The van der Waals surface area contributed by atoms with Gasteiger partial charge in [0.15, 0.2) is 0 Å². The summed E-state index contributed by atoms with van der Waals surface area (Å²) in [4.78, 5) is 15.5. The Morgan fingerprint density at radius 3 is 2.75 bits per heavy atom. The molecule has 0 aliphatic heterocycles. The lowest BCUT2D eigenvalue weighted by Crippen LogP contribution is -2.04. The van der Waals surface area contributed by atoms with Crippen molar-refractivity contribution in [2.24, 2.45) is 0 Å². The number of esters is 1. The molecule has 5 heteroatoms. The third-order valence-electron chi connectivity index (χ3n) is 1.84. The molecule has 0 fully saturated rings. The predicted molar refractivity (Wildman–Crippen MR) is 57.1 cm³/mol. The predicted octanol–water partition coefficient (Wildman–Crippen LogP) is 2.08. The third kappa shape index (κ3) is 3.34. The second kappa shape index (κ2) is 5.65. The molecule has 0 aromatic carbocycles. The fourth-order valence-electron chi connectivity index (χ4n) is 1.14. The molecule has 5 nitrogen and oxygen atoms in total. The second-order valence-corrected chi connectivity index (χ2v) is 3.60. The van der Waals surface area contributed by atoms with E-state index in [1.165, 1.54) is 0 Å². The van der Waals surface area contributed by atoms with E-state index in [9.17, 15) is 4.79 Å². The average molecular weight is 227 g/mol. The van der Waals surface area contributed by atoms with E-state index in [1.54, 1.807) is 13.8 Å². The molecule has 0 amide bonds. The Balaban J connectivity index is 2.69. The summed E-state index contributed by atoms with van der Waals surface area (Å²) in [5.74, 6) is 0.0711. The standard InChI is InChI=1S/C11H17NO4/c1-5-14-11(13)10-8(4)12-9(16-10)6-15-7(2)3/h7H,5-6H2,1-4H3. The maximum absolute atomic E-state index is 11.4. The van der Waals surface area contributed by atoms with Gasteiger partial charge in [-0.25, -0.2) is 9.78 Å². The highest BCUT2D eigenvalue weighted by Gasteiger charge is 2.18. The molecule has 0 aliphatic rings. The molecule has 16 heavy (non-hydrogen) atoms. The van der Waals surface area contributed by atoms with Gasteiger partial charge in [-0.3, -0.25) is 0 Å². The number of carbonyl (C=O) groups excluding carboxylic acids is 1. The molecular weight excluding hydrogens is 210 g/mol. The Morgan fingerprint density at radius 1 is 1.50 bits per heavy atom. The van der Waals surface area contributed by atoms with Gasteiger partial charge in [0.25, 0.3) is 0 Å². The second-order valence-electron chi connectivity index (χ2n) is 3.60.